The third-order valence-electron chi connectivity index (χ3n) is 2.48. The Morgan fingerprint density at radius 2 is 2.00 bits per heavy atom. The molecule has 2 rings (SSSR count). The number of benzene rings is 1. The summed E-state index contributed by atoms with van der Waals surface area (Å²) in [5.41, 5.74) is 6.23. The van der Waals surface area contributed by atoms with Gasteiger partial charge in [0.05, 0.1) is 11.4 Å². The molecule has 0 radical (unpaired) electrons. The zero-order chi connectivity index (χ0) is 13.1. The van der Waals surface area contributed by atoms with E-state index in [0.29, 0.717) is 5.69 Å². The first-order valence-corrected chi connectivity index (χ1v) is 5.40. The van der Waals surface area contributed by atoms with Crippen molar-refractivity contribution in [2.45, 2.75) is 13.0 Å². The molecule has 5 heteroatoms. The van der Waals surface area contributed by atoms with Crippen molar-refractivity contribution in [1.29, 1.82) is 0 Å². The van der Waals surface area contributed by atoms with E-state index in [2.05, 4.69) is 4.98 Å². The highest BCUT2D eigenvalue weighted by Gasteiger charge is 2.17. The van der Waals surface area contributed by atoms with Gasteiger partial charge in [-0.1, -0.05) is 6.07 Å². The van der Waals surface area contributed by atoms with Crippen molar-refractivity contribution in [1.82, 2.24) is 4.98 Å². The number of nitrogen functional groups attached to an aromatic ring is 1. The first-order chi connectivity index (χ1) is 8.59. The normalized spacial score (nSPS) is 12.2. The average molecular weight is 250 g/mol. The molecule has 0 aliphatic rings. The minimum atomic E-state index is -1.09. The molecule has 1 aromatic carbocycles. The molecule has 0 aliphatic heterocycles. The minimum Gasteiger partial charge on any atom is -0.479 e. The number of nitrogens with zero attached hydrogens (tertiary/aromatic N) is 1. The summed E-state index contributed by atoms with van der Waals surface area (Å²) in [6, 6.07) is 7.50. The van der Waals surface area contributed by atoms with Crippen molar-refractivity contribution in [2.75, 3.05) is 5.73 Å². The summed E-state index contributed by atoms with van der Waals surface area (Å²) >= 11 is 0. The zero-order valence-corrected chi connectivity index (χ0v) is 9.73. The lowest BCUT2D eigenvalue weighted by Crippen LogP contribution is -2.08. The molecule has 0 bridgehead atoms. The van der Waals surface area contributed by atoms with Crippen molar-refractivity contribution in [3.63, 3.8) is 0 Å². The SMILES string of the molecule is CC(Oc1c(N)ccc(F)c1F)c1ccccn1. The van der Waals surface area contributed by atoms with Gasteiger partial charge in [0, 0.05) is 6.20 Å². The Balaban J connectivity index is 2.27. The van der Waals surface area contributed by atoms with Crippen LogP contribution in [0.1, 0.15) is 18.7 Å². The molecule has 18 heavy (non-hydrogen) atoms. The largest absolute Gasteiger partial charge is 0.479 e. The maximum absolute atomic E-state index is 13.5. The average Bonchev–Trinajstić information content (AvgIpc) is 2.40. The van der Waals surface area contributed by atoms with Gasteiger partial charge in [-0.05, 0) is 31.2 Å². The van der Waals surface area contributed by atoms with E-state index in [-0.39, 0.29) is 11.4 Å². The summed E-state index contributed by atoms with van der Waals surface area (Å²) in [5, 5.41) is 0. The van der Waals surface area contributed by atoms with Crippen LogP contribution in [0.3, 0.4) is 0 Å². The van der Waals surface area contributed by atoms with E-state index in [1.54, 1.807) is 31.3 Å². The molecule has 2 N–H and O–H groups in total. The van der Waals surface area contributed by atoms with Crippen LogP contribution < -0.4 is 10.5 Å². The number of hydrogen-bond donors (Lipinski definition) is 1. The van der Waals surface area contributed by atoms with Crippen molar-refractivity contribution >= 4 is 5.69 Å². The van der Waals surface area contributed by atoms with E-state index in [9.17, 15) is 8.78 Å². The molecule has 1 aromatic heterocycles. The van der Waals surface area contributed by atoms with Crippen LogP contribution in [0.4, 0.5) is 14.5 Å². The molecule has 3 nitrogen and oxygen atoms in total. The van der Waals surface area contributed by atoms with Gasteiger partial charge in [-0.2, -0.15) is 4.39 Å². The van der Waals surface area contributed by atoms with Gasteiger partial charge in [0.25, 0.3) is 0 Å². The fourth-order valence-electron chi connectivity index (χ4n) is 1.52. The fourth-order valence-corrected chi connectivity index (χ4v) is 1.52. The number of pyridine rings is 1. The van der Waals surface area contributed by atoms with E-state index in [1.807, 2.05) is 0 Å². The molecule has 94 valence electrons. The molecule has 0 amide bonds. The Kier molecular flexibility index (Phi) is 3.41. The first kappa shape index (κ1) is 12.3. The van der Waals surface area contributed by atoms with Crippen LogP contribution >= 0.6 is 0 Å². The number of rotatable bonds is 3. The summed E-state index contributed by atoms with van der Waals surface area (Å²) in [6.45, 7) is 1.69. The quantitative estimate of drug-likeness (QED) is 0.851. The van der Waals surface area contributed by atoms with Crippen LogP contribution in [0.15, 0.2) is 36.5 Å². The van der Waals surface area contributed by atoms with Gasteiger partial charge in [0.1, 0.15) is 6.10 Å². The molecule has 1 unspecified atom stereocenters. The highest BCUT2D eigenvalue weighted by atomic mass is 19.2. The molecule has 0 spiro atoms. The summed E-state index contributed by atoms with van der Waals surface area (Å²) in [7, 11) is 0. The Bertz CT molecular complexity index is 546. The predicted molar refractivity (Wildman–Crippen MR) is 64.1 cm³/mol. The lowest BCUT2D eigenvalue weighted by molar-refractivity contribution is 0.210. The minimum absolute atomic E-state index is 0.0525. The van der Waals surface area contributed by atoms with E-state index in [1.165, 1.54) is 6.07 Å². The molecule has 0 saturated heterocycles. The monoisotopic (exact) mass is 250 g/mol. The fraction of sp³-hybridized carbons (Fsp3) is 0.154. The third-order valence-corrected chi connectivity index (χ3v) is 2.48. The molecule has 2 aromatic rings. The lowest BCUT2D eigenvalue weighted by atomic mass is 10.2. The van der Waals surface area contributed by atoms with Gasteiger partial charge in [-0.25, -0.2) is 4.39 Å². The predicted octanol–water partition coefficient (Wildman–Crippen LogP) is 3.08. The first-order valence-electron chi connectivity index (χ1n) is 5.40. The van der Waals surface area contributed by atoms with E-state index in [0.717, 1.165) is 6.07 Å². The van der Waals surface area contributed by atoms with Crippen LogP contribution in [0.5, 0.6) is 5.75 Å². The number of halogens is 2. The molecular weight excluding hydrogens is 238 g/mol. The molecule has 0 aliphatic carbocycles. The van der Waals surface area contributed by atoms with E-state index >= 15 is 0 Å². The standard InChI is InChI=1S/C13H12F2N2O/c1-8(11-4-2-3-7-17-11)18-13-10(16)6-5-9(14)12(13)15/h2-8H,16H2,1H3. The second-order valence-electron chi connectivity index (χ2n) is 3.79. The van der Waals surface area contributed by atoms with Gasteiger partial charge in [0.15, 0.2) is 11.6 Å². The molecular formula is C13H12F2N2O. The highest BCUT2D eigenvalue weighted by Crippen LogP contribution is 2.30. The summed E-state index contributed by atoms with van der Waals surface area (Å²) in [6.07, 6.45) is 1.07. The van der Waals surface area contributed by atoms with Crippen LogP contribution in [-0.2, 0) is 0 Å². The Labute approximate surface area is 103 Å². The van der Waals surface area contributed by atoms with Crippen LogP contribution in [0, 0.1) is 11.6 Å². The summed E-state index contributed by atoms with van der Waals surface area (Å²) in [4.78, 5) is 4.07. The van der Waals surface area contributed by atoms with Crippen molar-refractivity contribution in [2.24, 2.45) is 0 Å². The maximum atomic E-state index is 13.5. The molecule has 1 atom stereocenters. The van der Waals surface area contributed by atoms with E-state index in [4.69, 9.17) is 10.5 Å². The Morgan fingerprint density at radius 3 is 2.67 bits per heavy atom. The number of nitrogens with two attached hydrogens (primary N) is 1. The van der Waals surface area contributed by atoms with Crippen LogP contribution in [-0.4, -0.2) is 4.98 Å². The van der Waals surface area contributed by atoms with Gasteiger partial charge in [-0.15, -0.1) is 0 Å². The molecule has 0 saturated carbocycles. The van der Waals surface area contributed by atoms with Crippen molar-refractivity contribution in [3.8, 4) is 5.75 Å². The second kappa shape index (κ2) is 5.00. The van der Waals surface area contributed by atoms with Gasteiger partial charge >= 0.3 is 0 Å². The summed E-state index contributed by atoms with van der Waals surface area (Å²) < 4.78 is 32.0. The number of anilines is 1. The van der Waals surface area contributed by atoms with Crippen LogP contribution in [0.2, 0.25) is 0 Å². The van der Waals surface area contributed by atoms with Crippen molar-refractivity contribution in [3.05, 3.63) is 53.9 Å². The third kappa shape index (κ3) is 2.40. The topological polar surface area (TPSA) is 48.1 Å². The van der Waals surface area contributed by atoms with Gasteiger partial charge in [0.2, 0.25) is 5.82 Å². The number of hydrogen-bond acceptors (Lipinski definition) is 3. The Hall–Kier alpha value is -2.17. The zero-order valence-electron chi connectivity index (χ0n) is 9.73. The smallest absolute Gasteiger partial charge is 0.202 e. The lowest BCUT2D eigenvalue weighted by Gasteiger charge is -2.16. The molecule has 1 heterocycles. The number of aromatic nitrogens is 1. The van der Waals surface area contributed by atoms with Gasteiger partial charge < -0.3 is 10.5 Å². The molecule has 0 fully saturated rings. The maximum Gasteiger partial charge on any atom is 0.202 e. The second-order valence-corrected chi connectivity index (χ2v) is 3.79. The van der Waals surface area contributed by atoms with Crippen LogP contribution in [0.25, 0.3) is 0 Å². The van der Waals surface area contributed by atoms with Gasteiger partial charge in [-0.3, -0.25) is 4.98 Å². The van der Waals surface area contributed by atoms with Crippen molar-refractivity contribution < 1.29 is 13.5 Å². The summed E-state index contributed by atoms with van der Waals surface area (Å²) in [5.74, 6) is -2.36. The Morgan fingerprint density at radius 1 is 1.22 bits per heavy atom. The number of ether oxygens (including phenoxy) is 1. The highest BCUT2D eigenvalue weighted by molar-refractivity contribution is 5.53. The van der Waals surface area contributed by atoms with E-state index < -0.39 is 17.7 Å².